The van der Waals surface area contributed by atoms with Crippen LogP contribution in [0.5, 0.6) is 5.75 Å². The number of fused-ring (bicyclic) bond motifs is 1. The third kappa shape index (κ3) is 8.68. The SMILES string of the molecule is O=C(CCN1CCC(NC(=O)Nc2ccccc2-c2ccccc2)CC1)Nc1ccc(CNCCc2ccc(O)c3[nH]c(=O)sc23)cc1. The number of nitrogens with one attached hydrogen (secondary N) is 5. The number of rotatable bonds is 12. The number of aromatic amines is 1. The van der Waals surface area contributed by atoms with Gasteiger partial charge in [0.2, 0.25) is 5.91 Å². The first kappa shape index (κ1) is 33.0. The Kier molecular flexibility index (Phi) is 10.8. The summed E-state index contributed by atoms with van der Waals surface area (Å²) in [5, 5.41) is 22.5. The molecule has 0 radical (unpaired) electrons. The Hall–Kier alpha value is -4.97. The number of likely N-dealkylation sites (tertiary alicyclic amines) is 1. The number of thiazole rings is 1. The molecule has 3 amide bonds. The predicted molar refractivity (Wildman–Crippen MR) is 193 cm³/mol. The van der Waals surface area contributed by atoms with Crippen molar-refractivity contribution in [3.8, 4) is 16.9 Å². The molecule has 1 saturated heterocycles. The lowest BCUT2D eigenvalue weighted by Crippen LogP contribution is -2.46. The fourth-order valence-electron chi connectivity index (χ4n) is 6.02. The topological polar surface area (TPSA) is 139 Å². The number of piperidine rings is 1. The van der Waals surface area contributed by atoms with Crippen LogP contribution in [0, 0.1) is 0 Å². The smallest absolute Gasteiger partial charge is 0.319 e. The lowest BCUT2D eigenvalue weighted by Gasteiger charge is -2.32. The lowest BCUT2D eigenvalue weighted by molar-refractivity contribution is -0.116. The fourth-order valence-corrected chi connectivity index (χ4v) is 6.92. The summed E-state index contributed by atoms with van der Waals surface area (Å²) >= 11 is 1.11. The monoisotopic (exact) mass is 664 g/mol. The molecule has 0 atom stereocenters. The molecule has 6 N–H and O–H groups in total. The van der Waals surface area contributed by atoms with Gasteiger partial charge in [-0.3, -0.25) is 9.59 Å². The van der Waals surface area contributed by atoms with Crippen LogP contribution in [0.2, 0.25) is 0 Å². The number of aromatic nitrogens is 1. The van der Waals surface area contributed by atoms with E-state index in [2.05, 4.69) is 31.2 Å². The number of nitrogens with zero attached hydrogens (tertiary/aromatic N) is 1. The van der Waals surface area contributed by atoms with Crippen LogP contribution in [0.3, 0.4) is 0 Å². The van der Waals surface area contributed by atoms with Crippen molar-refractivity contribution in [3.05, 3.63) is 112 Å². The Balaban J connectivity index is 0.871. The first-order chi connectivity index (χ1) is 23.4. The van der Waals surface area contributed by atoms with E-state index in [1.165, 1.54) is 0 Å². The molecule has 0 saturated carbocycles. The van der Waals surface area contributed by atoms with Crippen LogP contribution in [-0.2, 0) is 17.8 Å². The highest BCUT2D eigenvalue weighted by atomic mass is 32.1. The van der Waals surface area contributed by atoms with Crippen molar-refractivity contribution < 1.29 is 14.7 Å². The van der Waals surface area contributed by atoms with Crippen molar-refractivity contribution in [3.63, 3.8) is 0 Å². The van der Waals surface area contributed by atoms with E-state index in [0.717, 1.165) is 82.0 Å². The van der Waals surface area contributed by atoms with Crippen LogP contribution in [-0.4, -0.2) is 59.1 Å². The number of phenolic OH excluding ortho intramolecular Hbond substituents is 1. The Morgan fingerprint density at radius 1 is 0.896 bits per heavy atom. The quantitative estimate of drug-likeness (QED) is 0.0918. The van der Waals surface area contributed by atoms with E-state index in [0.29, 0.717) is 31.6 Å². The summed E-state index contributed by atoms with van der Waals surface area (Å²) in [6.07, 6.45) is 2.79. The molecule has 0 unspecified atom stereocenters. The molecule has 48 heavy (non-hydrogen) atoms. The molecule has 0 aliphatic carbocycles. The third-order valence-corrected chi connectivity index (χ3v) is 9.57. The average Bonchev–Trinajstić information content (AvgIpc) is 3.51. The van der Waals surface area contributed by atoms with Crippen LogP contribution >= 0.6 is 11.3 Å². The van der Waals surface area contributed by atoms with Crippen molar-refractivity contribution in [2.45, 2.75) is 38.3 Å². The van der Waals surface area contributed by atoms with Crippen LogP contribution in [0.1, 0.15) is 30.4 Å². The van der Waals surface area contributed by atoms with E-state index >= 15 is 0 Å². The molecule has 1 aliphatic heterocycles. The van der Waals surface area contributed by atoms with Gasteiger partial charge < -0.3 is 36.3 Å². The van der Waals surface area contributed by atoms with Crippen LogP contribution in [0.4, 0.5) is 16.2 Å². The largest absolute Gasteiger partial charge is 0.506 e. The third-order valence-electron chi connectivity index (χ3n) is 8.61. The van der Waals surface area contributed by atoms with Crippen molar-refractivity contribution in [1.29, 1.82) is 0 Å². The first-order valence-corrected chi connectivity index (χ1v) is 17.1. The fraction of sp³-hybridized carbons (Fsp3) is 0.270. The van der Waals surface area contributed by atoms with Gasteiger partial charge in [-0.15, -0.1) is 0 Å². The zero-order valence-corrected chi connectivity index (χ0v) is 27.4. The number of para-hydroxylation sites is 1. The maximum Gasteiger partial charge on any atom is 0.319 e. The van der Waals surface area contributed by atoms with Gasteiger partial charge in [0, 0.05) is 49.9 Å². The Morgan fingerprint density at radius 3 is 2.44 bits per heavy atom. The average molecular weight is 665 g/mol. The Morgan fingerprint density at radius 2 is 1.65 bits per heavy atom. The van der Waals surface area contributed by atoms with Gasteiger partial charge in [0.25, 0.3) is 0 Å². The minimum atomic E-state index is -0.203. The second kappa shape index (κ2) is 15.7. The van der Waals surface area contributed by atoms with Gasteiger partial charge in [0.15, 0.2) is 0 Å². The van der Waals surface area contributed by atoms with Gasteiger partial charge in [-0.2, -0.15) is 0 Å². The van der Waals surface area contributed by atoms with Gasteiger partial charge >= 0.3 is 10.9 Å². The number of benzene rings is 4. The molecule has 1 fully saturated rings. The summed E-state index contributed by atoms with van der Waals surface area (Å²) in [4.78, 5) is 42.0. The summed E-state index contributed by atoms with van der Waals surface area (Å²) in [6, 6.07) is 29.0. The van der Waals surface area contributed by atoms with Crippen molar-refractivity contribution >= 4 is 44.9 Å². The summed E-state index contributed by atoms with van der Waals surface area (Å²) in [7, 11) is 0. The Labute approximate surface area is 283 Å². The highest BCUT2D eigenvalue weighted by molar-refractivity contribution is 7.16. The Bertz CT molecular complexity index is 1900. The van der Waals surface area contributed by atoms with Crippen LogP contribution < -0.4 is 26.1 Å². The minimum Gasteiger partial charge on any atom is -0.506 e. The molecule has 2 heterocycles. The molecule has 5 aromatic rings. The van der Waals surface area contributed by atoms with Gasteiger partial charge in [-0.05, 0) is 66.8 Å². The number of carbonyl (C=O) groups is 2. The highest BCUT2D eigenvalue weighted by Crippen LogP contribution is 2.29. The van der Waals surface area contributed by atoms with E-state index in [1.807, 2.05) is 84.9 Å². The van der Waals surface area contributed by atoms with Gasteiger partial charge in [0.05, 0.1) is 10.4 Å². The van der Waals surface area contributed by atoms with E-state index < -0.39 is 0 Å². The van der Waals surface area contributed by atoms with E-state index in [-0.39, 0.29) is 28.6 Å². The number of urea groups is 1. The number of anilines is 2. The number of aromatic hydroxyl groups is 1. The first-order valence-electron chi connectivity index (χ1n) is 16.3. The molecule has 248 valence electrons. The lowest BCUT2D eigenvalue weighted by atomic mass is 10.0. The van der Waals surface area contributed by atoms with Gasteiger partial charge in [-0.1, -0.05) is 78.1 Å². The van der Waals surface area contributed by atoms with Crippen molar-refractivity contribution in [2.24, 2.45) is 0 Å². The number of hydrogen-bond acceptors (Lipinski definition) is 7. The molecule has 11 heteroatoms. The minimum absolute atomic E-state index is 0.0233. The summed E-state index contributed by atoms with van der Waals surface area (Å²) in [5.41, 5.74) is 6.19. The predicted octanol–water partition coefficient (Wildman–Crippen LogP) is 5.91. The maximum atomic E-state index is 12.8. The summed E-state index contributed by atoms with van der Waals surface area (Å²) in [6.45, 7) is 3.71. The van der Waals surface area contributed by atoms with Crippen molar-refractivity contribution in [2.75, 3.05) is 36.8 Å². The number of amides is 3. The molecular weight excluding hydrogens is 625 g/mol. The maximum absolute atomic E-state index is 12.8. The van der Waals surface area contributed by atoms with Gasteiger partial charge in [0.1, 0.15) is 11.3 Å². The molecule has 6 rings (SSSR count). The second-order valence-electron chi connectivity index (χ2n) is 12.0. The van der Waals surface area contributed by atoms with Crippen LogP contribution in [0.15, 0.2) is 95.8 Å². The molecule has 0 bridgehead atoms. The number of carbonyl (C=O) groups excluding carboxylic acids is 2. The molecule has 10 nitrogen and oxygen atoms in total. The molecule has 1 aliphatic rings. The highest BCUT2D eigenvalue weighted by Gasteiger charge is 2.21. The van der Waals surface area contributed by atoms with E-state index in [9.17, 15) is 19.5 Å². The van der Waals surface area contributed by atoms with E-state index in [4.69, 9.17) is 0 Å². The zero-order valence-electron chi connectivity index (χ0n) is 26.6. The normalized spacial score (nSPS) is 13.8. The number of phenols is 1. The molecular formula is C37H40N6O4S. The standard InChI is InChI=1S/C37H40N6O4S/c44-32-15-12-27(35-34(32)42-37(47)48-35)16-20-38-24-25-10-13-28(14-11-25)39-33(45)19-23-43-21-17-29(18-22-43)40-36(46)41-31-9-5-4-8-30(31)26-6-2-1-3-7-26/h1-15,29,38,44H,16-24H2,(H,39,45)(H,42,47)(H2,40,41,46). The molecule has 1 aromatic heterocycles. The molecule has 0 spiro atoms. The summed E-state index contributed by atoms with van der Waals surface area (Å²) < 4.78 is 0.796. The zero-order chi connectivity index (χ0) is 33.3. The van der Waals surface area contributed by atoms with Gasteiger partial charge in [-0.25, -0.2) is 4.79 Å². The van der Waals surface area contributed by atoms with Crippen LogP contribution in [0.25, 0.3) is 21.3 Å². The summed E-state index contributed by atoms with van der Waals surface area (Å²) in [5.74, 6) is 0.0648. The number of H-pyrrole nitrogens is 1. The second-order valence-corrected chi connectivity index (χ2v) is 13.0. The molecule has 4 aromatic carbocycles. The number of hydrogen-bond donors (Lipinski definition) is 6. The van der Waals surface area contributed by atoms with Crippen molar-refractivity contribution in [1.82, 2.24) is 20.5 Å². The van der Waals surface area contributed by atoms with E-state index in [1.54, 1.807) is 6.07 Å².